The maximum absolute atomic E-state index is 15.0. The van der Waals surface area contributed by atoms with E-state index in [1.807, 2.05) is 6.08 Å². The lowest BCUT2D eigenvalue weighted by atomic mass is 9.52. The lowest BCUT2D eigenvalue weighted by molar-refractivity contribution is -0.346. The van der Waals surface area contributed by atoms with Gasteiger partial charge in [0.1, 0.15) is 40.9 Å². The number of fused-ring (bicyclic) bond motifs is 4. The summed E-state index contributed by atoms with van der Waals surface area (Å²) in [6, 6.07) is 0. The monoisotopic (exact) mass is 722 g/mol. The molecule has 6 fully saturated rings. The summed E-state index contributed by atoms with van der Waals surface area (Å²) in [6.07, 6.45) is 7.61. The molecule has 6 bridgehead atoms. The molecule has 0 aromatic carbocycles. The maximum Gasteiger partial charge on any atom is 0.187 e. The van der Waals surface area contributed by atoms with Crippen molar-refractivity contribution in [3.05, 3.63) is 23.5 Å². The Bertz CT molecular complexity index is 1290. The van der Waals surface area contributed by atoms with Crippen LogP contribution < -0.4 is 10.6 Å². The van der Waals surface area contributed by atoms with Crippen LogP contribution in [0.3, 0.4) is 0 Å². The fourth-order valence-electron chi connectivity index (χ4n) is 10.00. The van der Waals surface area contributed by atoms with Crippen LogP contribution in [0.25, 0.3) is 0 Å². The molecule has 0 amide bonds. The van der Waals surface area contributed by atoms with E-state index in [1.54, 1.807) is 16.9 Å². The second-order valence-corrected chi connectivity index (χ2v) is 18.2. The number of carbonyl (C=O) groups excluding carboxylic acids is 2. The van der Waals surface area contributed by atoms with Gasteiger partial charge in [0, 0.05) is 11.7 Å². The van der Waals surface area contributed by atoms with Crippen LogP contribution in [0.1, 0.15) is 83.5 Å². The number of Topliss-reactive ketones (excluding diaryl/α,β-unsaturated/α-hetero) is 2. The minimum atomic E-state index is -2.02. The zero-order valence-electron chi connectivity index (χ0n) is 28.2. The van der Waals surface area contributed by atoms with Gasteiger partial charge >= 0.3 is 0 Å². The average molecular weight is 723 g/mol. The predicted octanol–water partition coefficient (Wildman–Crippen LogP) is 3.11. The van der Waals surface area contributed by atoms with Crippen LogP contribution in [0.5, 0.6) is 0 Å². The molecule has 11 nitrogen and oxygen atoms in total. The van der Waals surface area contributed by atoms with Crippen LogP contribution in [0, 0.1) is 35.0 Å². The van der Waals surface area contributed by atoms with Crippen molar-refractivity contribution in [1.82, 2.24) is 10.6 Å². The van der Waals surface area contributed by atoms with Gasteiger partial charge < -0.3 is 40.3 Å². The summed E-state index contributed by atoms with van der Waals surface area (Å²) in [6.45, 7) is 0.176. The molecule has 13 heteroatoms. The number of hydrogen-bond acceptors (Lipinski definition) is 13. The van der Waals surface area contributed by atoms with Crippen LogP contribution in [0.2, 0.25) is 0 Å². The number of ketones is 2. The molecular weight excluding hydrogens is 669 g/mol. The molecule has 1 spiro atoms. The van der Waals surface area contributed by atoms with E-state index in [4.69, 9.17) is 9.47 Å². The van der Waals surface area contributed by atoms with Crippen molar-refractivity contribution in [3.63, 3.8) is 0 Å². The summed E-state index contributed by atoms with van der Waals surface area (Å²) in [4.78, 5) is 29.6. The Hall–Kier alpha value is -1.00. The third-order valence-corrected chi connectivity index (χ3v) is 15.1. The molecule has 3 aliphatic heterocycles. The van der Waals surface area contributed by atoms with Gasteiger partial charge in [0.25, 0.3) is 0 Å². The largest absolute Gasteiger partial charge is 0.511 e. The fourth-order valence-corrected chi connectivity index (χ4v) is 12.4. The highest BCUT2D eigenvalue weighted by atomic mass is 33.1. The van der Waals surface area contributed by atoms with Crippen molar-refractivity contribution in [1.29, 1.82) is 0 Å². The highest BCUT2D eigenvalue weighted by Crippen LogP contribution is 2.56. The van der Waals surface area contributed by atoms with E-state index < -0.39 is 66.1 Å². The van der Waals surface area contributed by atoms with E-state index in [9.17, 15) is 30.3 Å². The molecule has 0 aromatic heterocycles. The Labute approximate surface area is 296 Å². The summed E-state index contributed by atoms with van der Waals surface area (Å²) in [5.41, 5.74) is -2.52. The average Bonchev–Trinajstić information content (AvgIpc) is 3.11. The second-order valence-electron chi connectivity index (χ2n) is 15.7. The normalized spacial score (nSPS) is 45.7. The van der Waals surface area contributed by atoms with Gasteiger partial charge in [-0.1, -0.05) is 66.2 Å². The Balaban J connectivity index is 1.23. The number of rotatable bonds is 3. The van der Waals surface area contributed by atoms with Gasteiger partial charge in [-0.25, -0.2) is 0 Å². The molecule has 12 atom stereocenters. The highest BCUT2D eigenvalue weighted by molar-refractivity contribution is 8.76. The van der Waals surface area contributed by atoms with Gasteiger partial charge in [-0.15, -0.1) is 0 Å². The SMILES string of the molecule is O=C1C2CCCC3OC4OC(CO)C(O)C(O)(CCC5CCNC(C5)NCSSCC5(C(=O)C32)C(O)=CC(CC2CCCCC2)=CC15)C4O. The van der Waals surface area contributed by atoms with Crippen molar-refractivity contribution >= 4 is 33.2 Å². The minimum absolute atomic E-state index is 0.0204. The summed E-state index contributed by atoms with van der Waals surface area (Å²) in [5, 5.41) is 63.8. The van der Waals surface area contributed by atoms with Gasteiger partial charge in [-0.2, -0.15) is 0 Å². The smallest absolute Gasteiger partial charge is 0.187 e. The molecular formula is C36H54N2O9S2. The lowest BCUT2D eigenvalue weighted by Crippen LogP contribution is -2.68. The predicted molar refractivity (Wildman–Crippen MR) is 186 cm³/mol. The number of aliphatic hydroxyl groups excluding tert-OH is 4. The molecule has 3 heterocycles. The Morgan fingerprint density at radius 1 is 0.939 bits per heavy atom. The van der Waals surface area contributed by atoms with Crippen LogP contribution in [0.4, 0.5) is 0 Å². The third-order valence-electron chi connectivity index (χ3n) is 12.8. The number of allylic oxidation sites excluding steroid dienone is 4. The zero-order valence-corrected chi connectivity index (χ0v) is 29.8. The second kappa shape index (κ2) is 15.2. The first-order valence-electron chi connectivity index (χ1n) is 18.6. The topological polar surface area (TPSA) is 178 Å². The van der Waals surface area contributed by atoms with E-state index in [1.165, 1.54) is 30.1 Å². The first-order valence-corrected chi connectivity index (χ1v) is 21.1. The van der Waals surface area contributed by atoms with Crippen LogP contribution in [-0.4, -0.2) is 104 Å². The maximum atomic E-state index is 15.0. The molecule has 3 saturated carbocycles. The number of carbonyl (C=O) groups is 2. The van der Waals surface area contributed by atoms with Crippen molar-refractivity contribution in [3.8, 4) is 0 Å². The Kier molecular flexibility index (Phi) is 11.2. The summed E-state index contributed by atoms with van der Waals surface area (Å²) >= 11 is 0. The van der Waals surface area contributed by atoms with Gasteiger partial charge in [0.15, 0.2) is 12.1 Å². The number of nitrogens with one attached hydrogen (secondary N) is 2. The number of hydrogen-bond donors (Lipinski definition) is 7. The van der Waals surface area contributed by atoms with Crippen LogP contribution in [-0.2, 0) is 19.1 Å². The molecule has 7 N–H and O–H groups in total. The number of aliphatic hydroxyl groups is 5. The summed E-state index contributed by atoms with van der Waals surface area (Å²) < 4.78 is 12.3. The molecule has 12 unspecified atom stereocenters. The zero-order chi connectivity index (χ0) is 34.3. The molecule has 7 aliphatic rings. The summed E-state index contributed by atoms with van der Waals surface area (Å²) in [5.74, 6) is -1.06. The van der Waals surface area contributed by atoms with Crippen molar-refractivity contribution < 1.29 is 44.6 Å². The van der Waals surface area contributed by atoms with E-state index >= 15 is 4.79 Å². The molecule has 0 radical (unpaired) electrons. The van der Waals surface area contributed by atoms with Crippen molar-refractivity contribution in [2.75, 3.05) is 24.8 Å². The number of ether oxygens (including phenoxy) is 2. The van der Waals surface area contributed by atoms with E-state index in [0.29, 0.717) is 37.5 Å². The standard InChI is InChI=1S/C36H54N2O9S2/c39-17-26-31(42)36(45)11-9-21-10-12-37-28(16-21)38-19-49-48-18-35-24(14-22(15-27(35)40)13-20-5-2-1-3-6-20)30(41)23-7-4-8-25(29(23)32(35)43)46-34(47-26)33(36)44/h14-15,20-21,23-26,28-29,31,33-34,37-40,42,44-45H,1-13,16-19H2. The third kappa shape index (κ3) is 6.84. The Morgan fingerprint density at radius 2 is 1.76 bits per heavy atom. The highest BCUT2D eigenvalue weighted by Gasteiger charge is 2.64. The van der Waals surface area contributed by atoms with Gasteiger partial charge in [0.2, 0.25) is 0 Å². The van der Waals surface area contributed by atoms with E-state index in [2.05, 4.69) is 10.6 Å². The molecule has 274 valence electrons. The minimum Gasteiger partial charge on any atom is -0.511 e. The lowest BCUT2D eigenvalue weighted by Gasteiger charge is -2.53. The first-order chi connectivity index (χ1) is 23.7. The first kappa shape index (κ1) is 36.4. The van der Waals surface area contributed by atoms with Gasteiger partial charge in [-0.05, 0) is 75.0 Å². The number of piperidine rings is 1. The summed E-state index contributed by atoms with van der Waals surface area (Å²) in [7, 11) is 3.06. The molecule has 0 aromatic rings. The van der Waals surface area contributed by atoms with E-state index in [0.717, 1.165) is 44.2 Å². The van der Waals surface area contributed by atoms with Gasteiger partial charge in [0.05, 0.1) is 36.6 Å². The quantitative estimate of drug-likeness (QED) is 0.212. The Morgan fingerprint density at radius 3 is 2.55 bits per heavy atom. The molecule has 3 saturated heterocycles. The van der Waals surface area contributed by atoms with Crippen LogP contribution in [0.15, 0.2) is 23.5 Å². The fraction of sp³-hybridized carbons (Fsp3) is 0.833. The van der Waals surface area contributed by atoms with Crippen molar-refractivity contribution in [2.24, 2.45) is 35.0 Å². The van der Waals surface area contributed by atoms with Crippen molar-refractivity contribution in [2.45, 2.75) is 126 Å². The molecule has 7 rings (SSSR count). The van der Waals surface area contributed by atoms with Gasteiger partial charge in [-0.3, -0.25) is 14.9 Å². The molecule has 49 heavy (non-hydrogen) atoms. The molecule has 4 aliphatic carbocycles. The van der Waals surface area contributed by atoms with E-state index in [-0.39, 0.29) is 41.6 Å². The van der Waals surface area contributed by atoms with Crippen LogP contribution >= 0.6 is 21.6 Å².